The Hall–Kier alpha value is -2.92. The molecule has 2 aromatic heterocycles. The molecule has 1 fully saturated rings. The average Bonchev–Trinajstić information content (AvgIpc) is 3.17. The fraction of sp³-hybridized carbons (Fsp3) is 0.409. The Morgan fingerprint density at radius 2 is 1.94 bits per heavy atom. The predicted molar refractivity (Wildman–Crippen MR) is 122 cm³/mol. The van der Waals surface area contributed by atoms with Gasteiger partial charge in [-0.3, -0.25) is 8.78 Å². The number of hydrogen-bond donors (Lipinski definition) is 1. The molecule has 3 heterocycles. The van der Waals surface area contributed by atoms with E-state index in [1.54, 1.807) is 11.2 Å². The molecule has 5 rings (SSSR count). The highest BCUT2D eigenvalue weighted by Gasteiger charge is 2.46. The van der Waals surface area contributed by atoms with Gasteiger partial charge in [0.15, 0.2) is 0 Å². The number of hydrogen-bond acceptors (Lipinski definition) is 7. The number of nitrogens with one attached hydrogen (secondary N) is 1. The minimum Gasteiger partial charge on any atom is -0.768 e. The summed E-state index contributed by atoms with van der Waals surface area (Å²) in [6.07, 6.45) is 5.68. The Bertz CT molecular complexity index is 1290. The molecule has 1 aliphatic carbocycles. The number of anilines is 3. The lowest BCUT2D eigenvalue weighted by molar-refractivity contribution is 0.261. The van der Waals surface area contributed by atoms with E-state index < -0.39 is 28.4 Å². The molecule has 1 atom stereocenters. The molecule has 1 spiro atoms. The van der Waals surface area contributed by atoms with Gasteiger partial charge >= 0.3 is 0 Å². The van der Waals surface area contributed by atoms with Crippen molar-refractivity contribution in [2.45, 2.75) is 62.4 Å². The van der Waals surface area contributed by atoms with Crippen molar-refractivity contribution in [2.75, 3.05) is 10.3 Å². The minimum absolute atomic E-state index is 0.0397. The third-order valence-electron chi connectivity index (χ3n) is 6.31. The van der Waals surface area contributed by atoms with Crippen molar-refractivity contribution in [2.24, 2.45) is 5.10 Å². The van der Waals surface area contributed by atoms with E-state index in [1.807, 2.05) is 24.5 Å². The first-order chi connectivity index (χ1) is 15.8. The van der Waals surface area contributed by atoms with Crippen molar-refractivity contribution < 1.29 is 17.5 Å². The van der Waals surface area contributed by atoms with Crippen molar-refractivity contribution in [1.29, 1.82) is 0 Å². The van der Waals surface area contributed by atoms with Crippen LogP contribution in [0.2, 0.25) is 0 Å². The summed E-state index contributed by atoms with van der Waals surface area (Å²) >= 11 is -2.53. The monoisotopic (exact) mass is 473 g/mol. The minimum atomic E-state index is -2.53. The van der Waals surface area contributed by atoms with Crippen LogP contribution in [0.25, 0.3) is 11.0 Å². The topological polar surface area (TPSA) is 98.5 Å². The van der Waals surface area contributed by atoms with E-state index in [4.69, 9.17) is 0 Å². The first-order valence-electron chi connectivity index (χ1n) is 10.9. The molecule has 0 bridgehead atoms. The molecule has 0 saturated heterocycles. The molecule has 1 unspecified atom stereocenters. The second kappa shape index (κ2) is 8.14. The number of benzene rings is 1. The van der Waals surface area contributed by atoms with Gasteiger partial charge in [-0.25, -0.2) is 14.4 Å². The Morgan fingerprint density at radius 1 is 1.18 bits per heavy atom. The summed E-state index contributed by atoms with van der Waals surface area (Å²) in [4.78, 5) is 8.76. The van der Waals surface area contributed by atoms with E-state index in [2.05, 4.69) is 20.4 Å². The van der Waals surface area contributed by atoms with Crippen LogP contribution in [0.15, 0.2) is 40.5 Å². The second-order valence-electron chi connectivity index (χ2n) is 8.73. The van der Waals surface area contributed by atoms with Gasteiger partial charge < -0.3 is 9.87 Å². The highest BCUT2D eigenvalue weighted by molar-refractivity contribution is 7.79. The van der Waals surface area contributed by atoms with Gasteiger partial charge in [0.2, 0.25) is 11.9 Å². The lowest BCUT2D eigenvalue weighted by atomic mass is 9.81. The van der Waals surface area contributed by atoms with Crippen LogP contribution >= 0.6 is 0 Å². The van der Waals surface area contributed by atoms with Crippen molar-refractivity contribution in [3.05, 3.63) is 36.3 Å². The average molecular weight is 474 g/mol. The number of halogens is 2. The maximum atomic E-state index is 15.6. The van der Waals surface area contributed by atoms with Crippen molar-refractivity contribution in [3.63, 3.8) is 0 Å². The largest absolute Gasteiger partial charge is 0.768 e. The van der Waals surface area contributed by atoms with Gasteiger partial charge in [-0.2, -0.15) is 9.37 Å². The van der Waals surface area contributed by atoms with E-state index >= 15 is 4.39 Å². The summed E-state index contributed by atoms with van der Waals surface area (Å²) in [5, 5.41) is 9.52. The molecule has 174 valence electrons. The van der Waals surface area contributed by atoms with Crippen LogP contribution in [0.1, 0.15) is 46.0 Å². The number of nitrogens with zero attached hydrogens (tertiary/aromatic N) is 5. The maximum absolute atomic E-state index is 15.6. The molecule has 0 amide bonds. The summed E-state index contributed by atoms with van der Waals surface area (Å²) in [5.74, 6) is -0.279. The Balaban J connectivity index is 1.62. The number of aromatic nitrogens is 3. The van der Waals surface area contributed by atoms with Crippen LogP contribution in [-0.4, -0.2) is 35.3 Å². The third kappa shape index (κ3) is 3.59. The second-order valence-corrected chi connectivity index (χ2v) is 9.67. The van der Waals surface area contributed by atoms with Gasteiger partial charge in [0, 0.05) is 22.5 Å². The Labute approximate surface area is 192 Å². The normalized spacial score (nSPS) is 18.5. The predicted octanol–water partition coefficient (Wildman–Crippen LogP) is 4.72. The van der Waals surface area contributed by atoms with Gasteiger partial charge in [-0.1, -0.05) is 19.3 Å². The Kier molecular flexibility index (Phi) is 5.40. The SMILES string of the molecule is CC(C)N1N=C(F)C2(CCCCC2)n2c1cc1cnc(Nc3ccc(S(=O)[O-])cc3F)nc12. The number of rotatable bonds is 4. The third-order valence-corrected chi connectivity index (χ3v) is 6.95. The van der Waals surface area contributed by atoms with Crippen LogP contribution in [-0.2, 0) is 16.6 Å². The molecule has 1 aromatic carbocycles. The van der Waals surface area contributed by atoms with Crippen LogP contribution in [0.4, 0.5) is 26.2 Å². The van der Waals surface area contributed by atoms with Gasteiger partial charge in [0.1, 0.15) is 22.8 Å². The molecule has 8 nitrogen and oxygen atoms in total. The lowest BCUT2D eigenvalue weighted by Crippen LogP contribution is -2.48. The smallest absolute Gasteiger partial charge is 0.234 e. The number of hydrazone groups is 1. The zero-order chi connectivity index (χ0) is 23.3. The van der Waals surface area contributed by atoms with Gasteiger partial charge in [-0.05, 0) is 62.0 Å². The Morgan fingerprint density at radius 3 is 2.61 bits per heavy atom. The maximum Gasteiger partial charge on any atom is 0.234 e. The van der Waals surface area contributed by atoms with E-state index in [0.717, 1.165) is 36.5 Å². The summed E-state index contributed by atoms with van der Waals surface area (Å²) in [6, 6.07) is 5.37. The van der Waals surface area contributed by atoms with Gasteiger partial charge in [0.25, 0.3) is 0 Å². The van der Waals surface area contributed by atoms with E-state index in [0.29, 0.717) is 18.5 Å². The zero-order valence-corrected chi connectivity index (χ0v) is 19.0. The lowest BCUT2D eigenvalue weighted by Gasteiger charge is -2.43. The van der Waals surface area contributed by atoms with Gasteiger partial charge in [0.05, 0.1) is 5.69 Å². The summed E-state index contributed by atoms with van der Waals surface area (Å²) in [5.41, 5.74) is -0.312. The van der Waals surface area contributed by atoms with E-state index in [9.17, 15) is 13.2 Å². The van der Waals surface area contributed by atoms with Crippen molar-refractivity contribution in [3.8, 4) is 0 Å². The number of fused-ring (bicyclic) bond motifs is 4. The highest BCUT2D eigenvalue weighted by atomic mass is 32.2. The van der Waals surface area contributed by atoms with Crippen LogP contribution in [0.5, 0.6) is 0 Å². The highest BCUT2D eigenvalue weighted by Crippen LogP contribution is 2.46. The molecule has 33 heavy (non-hydrogen) atoms. The van der Waals surface area contributed by atoms with Gasteiger partial charge in [-0.15, -0.1) is 5.10 Å². The molecular weight excluding hydrogens is 450 g/mol. The summed E-state index contributed by atoms with van der Waals surface area (Å²) < 4.78 is 54.0. The standard InChI is InChI=1S/C22H24F2N6O2S/c1-13(2)30-18-10-14-12-25-21(26-17-7-6-15(33(31)32)11-16(17)23)27-19(14)29(18)22(20(24)28-30)8-4-3-5-9-22/h6-7,10-13H,3-5,8-9H2,1-2H3,(H,31,32)(H,25,26,27)/p-1. The van der Waals surface area contributed by atoms with E-state index in [-0.39, 0.29) is 22.6 Å². The summed E-state index contributed by atoms with van der Waals surface area (Å²) in [7, 11) is 0. The zero-order valence-electron chi connectivity index (χ0n) is 18.2. The van der Waals surface area contributed by atoms with Crippen LogP contribution < -0.4 is 10.3 Å². The first-order valence-corrected chi connectivity index (χ1v) is 12.0. The molecule has 1 saturated carbocycles. The van der Waals surface area contributed by atoms with Crippen LogP contribution in [0, 0.1) is 5.82 Å². The molecule has 1 aliphatic heterocycles. The molecule has 2 aliphatic rings. The summed E-state index contributed by atoms with van der Waals surface area (Å²) in [6.45, 7) is 3.88. The van der Waals surface area contributed by atoms with Crippen molar-refractivity contribution in [1.82, 2.24) is 14.5 Å². The molecular formula is C22H23F2N6O2S-. The quantitative estimate of drug-likeness (QED) is 0.551. The fourth-order valence-electron chi connectivity index (χ4n) is 4.73. The molecule has 11 heteroatoms. The fourth-order valence-corrected chi connectivity index (χ4v) is 5.10. The first kappa shape index (κ1) is 21.9. The molecule has 0 radical (unpaired) electrons. The van der Waals surface area contributed by atoms with E-state index in [1.165, 1.54) is 12.1 Å². The van der Waals surface area contributed by atoms with Crippen molar-refractivity contribution >= 4 is 45.5 Å². The van der Waals surface area contributed by atoms with Crippen LogP contribution in [0.3, 0.4) is 0 Å². The molecule has 1 N–H and O–H groups in total. The molecule has 3 aromatic rings.